The predicted molar refractivity (Wildman–Crippen MR) is 98.0 cm³/mol. The first-order chi connectivity index (χ1) is 12.5. The molecular weight excluding hydrogens is 334 g/mol. The second-order valence-corrected chi connectivity index (χ2v) is 6.64. The number of hydrogen-bond donors (Lipinski definition) is 0. The fourth-order valence-corrected chi connectivity index (χ4v) is 3.58. The fraction of sp³-hybridized carbons (Fsp3) is 0.526. The first-order valence-electron chi connectivity index (χ1n) is 9.07. The molecule has 3 rings (SSSR count). The summed E-state index contributed by atoms with van der Waals surface area (Å²) >= 11 is 0. The number of anilines is 2. The van der Waals surface area contributed by atoms with Crippen LogP contribution in [0.5, 0.6) is 0 Å². The first-order valence-corrected chi connectivity index (χ1v) is 9.07. The number of carbonyl (C=O) groups excluding carboxylic acids is 3. The number of carbonyl (C=O) groups is 3. The van der Waals surface area contributed by atoms with E-state index in [0.29, 0.717) is 26.2 Å². The van der Waals surface area contributed by atoms with E-state index in [0.717, 1.165) is 24.5 Å². The molecule has 1 aromatic carbocycles. The minimum Gasteiger partial charge on any atom is -0.466 e. The van der Waals surface area contributed by atoms with Crippen molar-refractivity contribution in [3.8, 4) is 0 Å². The summed E-state index contributed by atoms with van der Waals surface area (Å²) < 4.78 is 5.07. The molecule has 0 aromatic heterocycles. The Labute approximate surface area is 153 Å². The molecule has 1 atom stereocenters. The molecule has 7 heteroatoms. The molecular formula is C19H25N3O4. The smallest absolute Gasteiger partial charge is 0.311 e. The van der Waals surface area contributed by atoms with Crippen LogP contribution in [0.25, 0.3) is 0 Å². The first kappa shape index (κ1) is 18.2. The highest BCUT2D eigenvalue weighted by molar-refractivity contribution is 6.01. The lowest BCUT2D eigenvalue weighted by molar-refractivity contribution is -0.147. The summed E-state index contributed by atoms with van der Waals surface area (Å²) in [5, 5.41) is 0. The molecule has 0 aliphatic carbocycles. The fourth-order valence-electron chi connectivity index (χ4n) is 3.58. The van der Waals surface area contributed by atoms with E-state index in [1.807, 2.05) is 29.2 Å². The van der Waals surface area contributed by atoms with Crippen LogP contribution in [-0.4, -0.2) is 62.0 Å². The molecule has 1 aromatic rings. The minimum atomic E-state index is -0.412. The van der Waals surface area contributed by atoms with Crippen molar-refractivity contribution in [2.24, 2.45) is 5.92 Å². The van der Waals surface area contributed by atoms with Gasteiger partial charge >= 0.3 is 5.97 Å². The highest BCUT2D eigenvalue weighted by Crippen LogP contribution is 2.34. The predicted octanol–water partition coefficient (Wildman–Crippen LogP) is 1.27. The Bertz CT molecular complexity index is 698. The second kappa shape index (κ2) is 7.76. The minimum absolute atomic E-state index is 0.0575. The van der Waals surface area contributed by atoms with E-state index in [2.05, 4.69) is 4.90 Å². The van der Waals surface area contributed by atoms with Crippen LogP contribution in [0, 0.1) is 5.92 Å². The number of benzene rings is 1. The number of para-hydroxylation sites is 2. The molecule has 2 saturated heterocycles. The van der Waals surface area contributed by atoms with Crippen LogP contribution in [0.4, 0.5) is 11.4 Å². The lowest BCUT2D eigenvalue weighted by Gasteiger charge is -2.37. The zero-order valence-corrected chi connectivity index (χ0v) is 15.3. The van der Waals surface area contributed by atoms with Crippen LogP contribution in [0.3, 0.4) is 0 Å². The molecule has 26 heavy (non-hydrogen) atoms. The van der Waals surface area contributed by atoms with Gasteiger partial charge in [0, 0.05) is 46.1 Å². The molecule has 0 saturated carbocycles. The molecule has 2 heterocycles. The van der Waals surface area contributed by atoms with Gasteiger partial charge < -0.3 is 19.4 Å². The molecule has 0 spiro atoms. The zero-order chi connectivity index (χ0) is 18.7. The standard InChI is InChI=1S/C19H25N3O4/c1-3-26-19(25)15-12-18(24)22(13-15)17-7-5-4-6-16(17)21-10-8-20(9-11-21)14(2)23/h4-7,15H,3,8-13H2,1-2H3. The second-order valence-electron chi connectivity index (χ2n) is 6.64. The summed E-state index contributed by atoms with van der Waals surface area (Å²) in [5.74, 6) is -0.691. The number of hydrogen-bond acceptors (Lipinski definition) is 5. The molecule has 140 valence electrons. The van der Waals surface area contributed by atoms with Crippen molar-refractivity contribution in [3.63, 3.8) is 0 Å². The average Bonchev–Trinajstić information content (AvgIpc) is 3.04. The van der Waals surface area contributed by atoms with E-state index >= 15 is 0 Å². The van der Waals surface area contributed by atoms with E-state index in [1.54, 1.807) is 18.7 Å². The van der Waals surface area contributed by atoms with Gasteiger partial charge in [-0.25, -0.2) is 0 Å². The van der Waals surface area contributed by atoms with Crippen LogP contribution in [-0.2, 0) is 19.1 Å². The monoisotopic (exact) mass is 359 g/mol. The summed E-state index contributed by atoms with van der Waals surface area (Å²) in [6, 6.07) is 7.75. The molecule has 0 radical (unpaired) electrons. The Morgan fingerprint density at radius 2 is 1.77 bits per heavy atom. The molecule has 1 unspecified atom stereocenters. The van der Waals surface area contributed by atoms with Crippen LogP contribution < -0.4 is 9.80 Å². The van der Waals surface area contributed by atoms with E-state index in [4.69, 9.17) is 4.74 Å². The van der Waals surface area contributed by atoms with Gasteiger partial charge in [0.1, 0.15) is 0 Å². The van der Waals surface area contributed by atoms with E-state index in [-0.39, 0.29) is 24.2 Å². The summed E-state index contributed by atoms with van der Waals surface area (Å²) in [7, 11) is 0. The number of amides is 2. The number of piperazine rings is 1. The summed E-state index contributed by atoms with van der Waals surface area (Å²) in [6.45, 7) is 6.80. The summed E-state index contributed by atoms with van der Waals surface area (Å²) in [5.41, 5.74) is 1.79. The Morgan fingerprint density at radius 1 is 1.12 bits per heavy atom. The number of esters is 1. The SMILES string of the molecule is CCOC(=O)C1CC(=O)N(c2ccccc2N2CCN(C(C)=O)CC2)C1. The van der Waals surface area contributed by atoms with Crippen molar-refractivity contribution >= 4 is 29.2 Å². The molecule has 7 nitrogen and oxygen atoms in total. The van der Waals surface area contributed by atoms with Gasteiger partial charge in [-0.15, -0.1) is 0 Å². The maximum Gasteiger partial charge on any atom is 0.311 e. The largest absolute Gasteiger partial charge is 0.466 e. The highest BCUT2D eigenvalue weighted by atomic mass is 16.5. The van der Waals surface area contributed by atoms with E-state index in [1.165, 1.54) is 0 Å². The average molecular weight is 359 g/mol. The van der Waals surface area contributed by atoms with Gasteiger partial charge in [0.2, 0.25) is 11.8 Å². The van der Waals surface area contributed by atoms with Gasteiger partial charge in [-0.1, -0.05) is 12.1 Å². The lowest BCUT2D eigenvalue weighted by atomic mass is 10.1. The van der Waals surface area contributed by atoms with Crippen molar-refractivity contribution in [3.05, 3.63) is 24.3 Å². The summed E-state index contributed by atoms with van der Waals surface area (Å²) in [4.78, 5) is 41.8. The van der Waals surface area contributed by atoms with Crippen molar-refractivity contribution in [2.75, 3.05) is 49.1 Å². The van der Waals surface area contributed by atoms with Crippen molar-refractivity contribution in [2.45, 2.75) is 20.3 Å². The number of nitrogens with zero attached hydrogens (tertiary/aromatic N) is 3. The third kappa shape index (κ3) is 3.66. The Hall–Kier alpha value is -2.57. The third-order valence-electron chi connectivity index (χ3n) is 4.98. The van der Waals surface area contributed by atoms with Crippen LogP contribution in [0.1, 0.15) is 20.3 Å². The van der Waals surface area contributed by atoms with E-state index < -0.39 is 5.92 Å². The molecule has 0 N–H and O–H groups in total. The number of ether oxygens (including phenoxy) is 1. The van der Waals surface area contributed by atoms with E-state index in [9.17, 15) is 14.4 Å². The van der Waals surface area contributed by atoms with Gasteiger partial charge in [-0.05, 0) is 19.1 Å². The topological polar surface area (TPSA) is 70.2 Å². The van der Waals surface area contributed by atoms with Crippen molar-refractivity contribution < 1.29 is 19.1 Å². The third-order valence-corrected chi connectivity index (χ3v) is 4.98. The van der Waals surface area contributed by atoms with Crippen molar-refractivity contribution in [1.82, 2.24) is 4.90 Å². The Morgan fingerprint density at radius 3 is 2.38 bits per heavy atom. The van der Waals surface area contributed by atoms with Crippen LogP contribution >= 0.6 is 0 Å². The summed E-state index contributed by atoms with van der Waals surface area (Å²) in [6.07, 6.45) is 0.186. The number of rotatable bonds is 4. The Balaban J connectivity index is 1.77. The zero-order valence-electron chi connectivity index (χ0n) is 15.3. The van der Waals surface area contributed by atoms with Gasteiger partial charge in [0.25, 0.3) is 0 Å². The van der Waals surface area contributed by atoms with Gasteiger partial charge in [0.05, 0.1) is 23.9 Å². The molecule has 2 amide bonds. The maximum atomic E-state index is 12.5. The molecule has 2 aliphatic heterocycles. The van der Waals surface area contributed by atoms with Crippen molar-refractivity contribution in [1.29, 1.82) is 0 Å². The van der Waals surface area contributed by atoms with Crippen LogP contribution in [0.15, 0.2) is 24.3 Å². The molecule has 0 bridgehead atoms. The Kier molecular flexibility index (Phi) is 5.44. The normalized spacial score (nSPS) is 20.5. The van der Waals surface area contributed by atoms with Gasteiger partial charge in [-0.3, -0.25) is 14.4 Å². The highest BCUT2D eigenvalue weighted by Gasteiger charge is 2.37. The lowest BCUT2D eigenvalue weighted by Crippen LogP contribution is -2.48. The molecule has 2 fully saturated rings. The maximum absolute atomic E-state index is 12.5. The van der Waals surface area contributed by atoms with Gasteiger partial charge in [-0.2, -0.15) is 0 Å². The van der Waals surface area contributed by atoms with Gasteiger partial charge in [0.15, 0.2) is 0 Å². The quantitative estimate of drug-likeness (QED) is 0.757. The van der Waals surface area contributed by atoms with Crippen LogP contribution in [0.2, 0.25) is 0 Å². The molecule has 2 aliphatic rings.